The number of hydrogen-bond acceptors (Lipinski definition) is 8. The Bertz CT molecular complexity index is 1400. The molecule has 37 heavy (non-hydrogen) atoms. The van der Waals surface area contributed by atoms with Crippen LogP contribution >= 0.6 is 11.6 Å². The number of hydrogen-bond donors (Lipinski definition) is 2. The van der Waals surface area contributed by atoms with Crippen molar-refractivity contribution in [3.63, 3.8) is 0 Å². The standard InChI is InChI=1S/C26H26ClN7O3/c1-16(15-37-25(36)18-6-3-2-4-7-18)29-24(35)20-14-21(31-26(27)30-20)34-12-9-17(10-13-34)22-19-8-5-11-28-23(19)33-32-22/h2-8,11,14,16-17H,9-10,12-13,15H2,1H3,(H,29,35)(H,28,32,33)/t16-/m1/s1. The molecule has 4 aromatic rings. The predicted molar refractivity (Wildman–Crippen MR) is 139 cm³/mol. The topological polar surface area (TPSA) is 126 Å². The number of ether oxygens (including phenoxy) is 1. The number of amides is 1. The van der Waals surface area contributed by atoms with Crippen molar-refractivity contribution in [2.45, 2.75) is 31.7 Å². The molecule has 4 heterocycles. The molecule has 0 aliphatic carbocycles. The molecular weight excluding hydrogens is 494 g/mol. The van der Waals surface area contributed by atoms with Crippen molar-refractivity contribution in [2.75, 3.05) is 24.6 Å². The number of nitrogens with zero attached hydrogens (tertiary/aromatic N) is 5. The third-order valence-electron chi connectivity index (χ3n) is 6.36. The smallest absolute Gasteiger partial charge is 0.338 e. The molecule has 0 spiro atoms. The van der Waals surface area contributed by atoms with Crippen LogP contribution in [-0.4, -0.2) is 62.8 Å². The highest BCUT2D eigenvalue weighted by molar-refractivity contribution is 6.28. The van der Waals surface area contributed by atoms with Gasteiger partial charge in [-0.2, -0.15) is 5.10 Å². The van der Waals surface area contributed by atoms with E-state index in [1.165, 1.54) is 0 Å². The molecule has 190 valence electrons. The van der Waals surface area contributed by atoms with Gasteiger partial charge in [0.1, 0.15) is 18.1 Å². The maximum absolute atomic E-state index is 12.9. The lowest BCUT2D eigenvalue weighted by Gasteiger charge is -2.32. The summed E-state index contributed by atoms with van der Waals surface area (Å²) in [5.74, 6) is 0.0600. The zero-order chi connectivity index (χ0) is 25.8. The second kappa shape index (κ2) is 10.9. The molecular formula is C26H26ClN7O3. The summed E-state index contributed by atoms with van der Waals surface area (Å²) in [5.41, 5.74) is 2.44. The van der Waals surface area contributed by atoms with Crippen LogP contribution in [0.15, 0.2) is 54.7 Å². The number of piperidine rings is 1. The van der Waals surface area contributed by atoms with Gasteiger partial charge < -0.3 is 15.0 Å². The number of pyridine rings is 1. The van der Waals surface area contributed by atoms with Gasteiger partial charge >= 0.3 is 5.97 Å². The largest absolute Gasteiger partial charge is 0.460 e. The number of halogens is 1. The fraction of sp³-hybridized carbons (Fsp3) is 0.308. The van der Waals surface area contributed by atoms with Gasteiger partial charge in [0.05, 0.1) is 11.6 Å². The molecule has 0 radical (unpaired) electrons. The molecule has 1 aliphatic heterocycles. The van der Waals surface area contributed by atoms with E-state index in [0.29, 0.717) is 17.3 Å². The Hall–Kier alpha value is -4.05. The summed E-state index contributed by atoms with van der Waals surface area (Å²) in [6, 6.07) is 13.9. The van der Waals surface area contributed by atoms with Gasteiger partial charge in [-0.3, -0.25) is 9.89 Å². The average Bonchev–Trinajstić information content (AvgIpc) is 3.36. The van der Waals surface area contributed by atoms with Gasteiger partial charge in [0, 0.05) is 42.4 Å². The van der Waals surface area contributed by atoms with E-state index in [1.807, 2.05) is 18.2 Å². The van der Waals surface area contributed by atoms with E-state index in [-0.39, 0.29) is 17.6 Å². The number of carbonyl (C=O) groups is 2. The third-order valence-corrected chi connectivity index (χ3v) is 6.52. The number of esters is 1. The summed E-state index contributed by atoms with van der Waals surface area (Å²) >= 11 is 6.18. The van der Waals surface area contributed by atoms with Gasteiger partial charge in [-0.15, -0.1) is 0 Å². The Morgan fingerprint density at radius 2 is 1.95 bits per heavy atom. The van der Waals surface area contributed by atoms with Crippen LogP contribution in [0.4, 0.5) is 5.82 Å². The van der Waals surface area contributed by atoms with Gasteiger partial charge in [0.25, 0.3) is 5.91 Å². The fourth-order valence-electron chi connectivity index (χ4n) is 4.46. The van der Waals surface area contributed by atoms with Crippen LogP contribution in [0.1, 0.15) is 52.2 Å². The Morgan fingerprint density at radius 3 is 2.73 bits per heavy atom. The van der Waals surface area contributed by atoms with Crippen molar-refractivity contribution in [1.82, 2.24) is 30.5 Å². The molecule has 5 rings (SSSR count). The van der Waals surface area contributed by atoms with Crippen LogP contribution in [0, 0.1) is 0 Å². The summed E-state index contributed by atoms with van der Waals surface area (Å²) in [6.07, 6.45) is 3.51. The van der Waals surface area contributed by atoms with Gasteiger partial charge in [0.2, 0.25) is 5.28 Å². The number of anilines is 1. The predicted octanol–water partition coefficient (Wildman–Crippen LogP) is 3.76. The normalized spacial score (nSPS) is 14.9. The highest BCUT2D eigenvalue weighted by Crippen LogP contribution is 2.32. The molecule has 0 bridgehead atoms. The maximum Gasteiger partial charge on any atom is 0.338 e. The van der Waals surface area contributed by atoms with Crippen LogP contribution in [0.25, 0.3) is 11.0 Å². The summed E-state index contributed by atoms with van der Waals surface area (Å²) in [5, 5.41) is 11.3. The second-order valence-electron chi connectivity index (χ2n) is 8.99. The van der Waals surface area contributed by atoms with Crippen molar-refractivity contribution in [1.29, 1.82) is 0 Å². The summed E-state index contributed by atoms with van der Waals surface area (Å²) < 4.78 is 5.31. The highest BCUT2D eigenvalue weighted by atomic mass is 35.5. The van der Waals surface area contributed by atoms with Crippen molar-refractivity contribution in [2.24, 2.45) is 0 Å². The van der Waals surface area contributed by atoms with E-state index in [1.54, 1.807) is 43.5 Å². The number of benzene rings is 1. The second-order valence-corrected chi connectivity index (χ2v) is 9.33. The Balaban J connectivity index is 1.19. The molecule has 0 unspecified atom stereocenters. The molecule has 2 N–H and O–H groups in total. The zero-order valence-electron chi connectivity index (χ0n) is 20.2. The first-order chi connectivity index (χ1) is 18.0. The minimum atomic E-state index is -0.447. The molecule has 10 nitrogen and oxygen atoms in total. The first-order valence-corrected chi connectivity index (χ1v) is 12.5. The average molecular weight is 520 g/mol. The molecule has 1 aromatic carbocycles. The summed E-state index contributed by atoms with van der Waals surface area (Å²) in [6.45, 7) is 3.26. The van der Waals surface area contributed by atoms with Crippen molar-refractivity contribution >= 4 is 40.3 Å². The number of nitrogens with one attached hydrogen (secondary N) is 2. The van der Waals surface area contributed by atoms with Crippen LogP contribution in [-0.2, 0) is 4.74 Å². The van der Waals surface area contributed by atoms with Gasteiger partial charge in [-0.05, 0) is 55.6 Å². The van der Waals surface area contributed by atoms with E-state index in [0.717, 1.165) is 42.7 Å². The minimum Gasteiger partial charge on any atom is -0.460 e. The van der Waals surface area contributed by atoms with E-state index >= 15 is 0 Å². The monoisotopic (exact) mass is 519 g/mol. The number of aromatic amines is 1. The molecule has 1 aliphatic rings. The molecule has 1 amide bonds. The van der Waals surface area contributed by atoms with Crippen LogP contribution in [0.2, 0.25) is 5.28 Å². The van der Waals surface area contributed by atoms with Crippen LogP contribution in [0.5, 0.6) is 0 Å². The van der Waals surface area contributed by atoms with E-state index in [2.05, 4.69) is 35.4 Å². The lowest BCUT2D eigenvalue weighted by atomic mass is 9.92. The highest BCUT2D eigenvalue weighted by Gasteiger charge is 2.26. The van der Waals surface area contributed by atoms with Crippen molar-refractivity contribution < 1.29 is 14.3 Å². The Morgan fingerprint density at radius 1 is 1.16 bits per heavy atom. The lowest BCUT2D eigenvalue weighted by molar-refractivity contribution is 0.0464. The number of aromatic nitrogens is 5. The SMILES string of the molecule is C[C@H](COC(=O)c1ccccc1)NC(=O)c1cc(N2CCC(c3[nH]nc4ncccc34)CC2)nc(Cl)n1. The van der Waals surface area contributed by atoms with E-state index < -0.39 is 17.9 Å². The number of fused-ring (bicyclic) bond motifs is 1. The summed E-state index contributed by atoms with van der Waals surface area (Å²) in [7, 11) is 0. The van der Waals surface area contributed by atoms with Crippen LogP contribution in [0.3, 0.4) is 0 Å². The first kappa shape index (κ1) is 24.6. The van der Waals surface area contributed by atoms with Gasteiger partial charge in [-0.1, -0.05) is 18.2 Å². The zero-order valence-corrected chi connectivity index (χ0v) is 21.0. The van der Waals surface area contributed by atoms with E-state index in [4.69, 9.17) is 16.3 Å². The van der Waals surface area contributed by atoms with Gasteiger partial charge in [-0.25, -0.2) is 19.7 Å². The fourth-order valence-corrected chi connectivity index (χ4v) is 4.64. The first-order valence-electron chi connectivity index (χ1n) is 12.1. The Kier molecular flexibility index (Phi) is 7.27. The van der Waals surface area contributed by atoms with Crippen LogP contribution < -0.4 is 10.2 Å². The number of rotatable bonds is 7. The molecule has 1 atom stereocenters. The number of carbonyl (C=O) groups excluding carboxylic acids is 2. The van der Waals surface area contributed by atoms with Crippen molar-refractivity contribution in [3.8, 4) is 0 Å². The maximum atomic E-state index is 12.9. The lowest BCUT2D eigenvalue weighted by Crippen LogP contribution is -2.37. The third kappa shape index (κ3) is 5.69. The molecule has 3 aromatic heterocycles. The number of H-pyrrole nitrogens is 1. The minimum absolute atomic E-state index is 0.00133. The molecule has 1 saturated heterocycles. The van der Waals surface area contributed by atoms with Crippen molar-refractivity contribution in [3.05, 3.63) is 77.0 Å². The Labute approximate surface area is 218 Å². The molecule has 11 heteroatoms. The molecule has 0 saturated carbocycles. The van der Waals surface area contributed by atoms with Gasteiger partial charge in [0.15, 0.2) is 5.65 Å². The quantitative estimate of drug-likeness (QED) is 0.279. The molecule has 1 fully saturated rings. The summed E-state index contributed by atoms with van der Waals surface area (Å²) in [4.78, 5) is 39.9. The van der Waals surface area contributed by atoms with E-state index in [9.17, 15) is 9.59 Å².